The summed E-state index contributed by atoms with van der Waals surface area (Å²) >= 11 is 3.15. The summed E-state index contributed by atoms with van der Waals surface area (Å²) in [5, 5.41) is 2.43. The van der Waals surface area contributed by atoms with Gasteiger partial charge < -0.3 is 9.73 Å². The Morgan fingerprint density at radius 1 is 1.28 bits per heavy atom. The fraction of sp³-hybridized carbons (Fsp3) is 0. The van der Waals surface area contributed by atoms with Gasteiger partial charge in [-0.1, -0.05) is 12.1 Å². The van der Waals surface area contributed by atoms with Crippen molar-refractivity contribution in [3.63, 3.8) is 0 Å². The van der Waals surface area contributed by atoms with Crippen molar-refractivity contribution in [1.82, 2.24) is 0 Å². The lowest BCUT2D eigenvalue weighted by Crippen LogP contribution is -2.08. The molecule has 1 heterocycles. The molecule has 1 amide bonds. The van der Waals surface area contributed by atoms with Crippen molar-refractivity contribution in [2.24, 2.45) is 0 Å². The van der Waals surface area contributed by atoms with Crippen LogP contribution in [0.4, 0.5) is 10.1 Å². The highest BCUT2D eigenvalue weighted by atomic mass is 79.9. The quantitative estimate of drug-likeness (QED) is 0.875. The molecule has 1 aromatic carbocycles. The summed E-state index contributed by atoms with van der Waals surface area (Å²) in [6, 6.07) is 9.40. The predicted octanol–water partition coefficient (Wildman–Crippen LogP) is 3.83. The third-order valence-electron chi connectivity index (χ3n) is 2.12. The number of hydrogen-bond donors (Lipinski definition) is 1. The third-order valence-corrected chi connectivity index (χ3v) is 2.55. The normalized spacial score (nSPS) is 10.8. The highest BCUT2D eigenvalue weighted by Gasteiger charge is 2.03. The summed E-state index contributed by atoms with van der Waals surface area (Å²) in [5.74, 6) is -0.363. The number of furan rings is 1. The summed E-state index contributed by atoms with van der Waals surface area (Å²) in [6.07, 6.45) is 2.78. The van der Waals surface area contributed by atoms with Crippen molar-refractivity contribution in [2.45, 2.75) is 0 Å². The summed E-state index contributed by atoms with van der Waals surface area (Å²) in [5.41, 5.74) is 0.146. The number of carbonyl (C=O) groups excluding carboxylic acids is 1. The largest absolute Gasteiger partial charge is 0.450 e. The van der Waals surface area contributed by atoms with Gasteiger partial charge >= 0.3 is 0 Å². The first-order chi connectivity index (χ1) is 8.65. The molecule has 2 rings (SSSR count). The van der Waals surface area contributed by atoms with Crippen LogP contribution in [0, 0.1) is 5.82 Å². The second kappa shape index (κ2) is 5.64. The van der Waals surface area contributed by atoms with E-state index in [9.17, 15) is 9.18 Å². The summed E-state index contributed by atoms with van der Waals surface area (Å²) in [4.78, 5) is 11.5. The van der Waals surface area contributed by atoms with Crippen LogP contribution >= 0.6 is 15.9 Å². The highest BCUT2D eigenvalue weighted by Crippen LogP contribution is 2.15. The van der Waals surface area contributed by atoms with Crippen LogP contribution in [-0.4, -0.2) is 5.91 Å². The Hall–Kier alpha value is -1.88. The van der Waals surface area contributed by atoms with Gasteiger partial charge in [-0.25, -0.2) is 4.39 Å². The Kier molecular flexibility index (Phi) is 3.94. The minimum atomic E-state index is -0.472. The van der Waals surface area contributed by atoms with Crippen LogP contribution in [0.1, 0.15) is 5.76 Å². The summed E-state index contributed by atoms with van der Waals surface area (Å²) < 4.78 is 19.0. The van der Waals surface area contributed by atoms with Crippen LogP contribution in [0.3, 0.4) is 0 Å². The van der Waals surface area contributed by atoms with Crippen LogP contribution < -0.4 is 5.32 Å². The van der Waals surface area contributed by atoms with E-state index in [0.29, 0.717) is 10.4 Å². The number of rotatable bonds is 3. The molecule has 18 heavy (non-hydrogen) atoms. The van der Waals surface area contributed by atoms with Crippen molar-refractivity contribution in [2.75, 3.05) is 5.32 Å². The SMILES string of the molecule is O=C(/C=C/c1ccc(Br)o1)Nc1ccccc1F. The molecule has 5 heteroatoms. The topological polar surface area (TPSA) is 42.2 Å². The molecule has 1 N–H and O–H groups in total. The average Bonchev–Trinajstić information content (AvgIpc) is 2.76. The van der Waals surface area contributed by atoms with Gasteiger partial charge in [0.2, 0.25) is 5.91 Å². The van der Waals surface area contributed by atoms with Crippen LogP contribution in [0.25, 0.3) is 6.08 Å². The molecule has 0 atom stereocenters. The predicted molar refractivity (Wildman–Crippen MR) is 70.5 cm³/mol. The molecule has 0 bridgehead atoms. The van der Waals surface area contributed by atoms with Crippen molar-refractivity contribution < 1.29 is 13.6 Å². The molecular formula is C13H9BrFNO2. The van der Waals surface area contributed by atoms with Crippen LogP contribution in [0.2, 0.25) is 0 Å². The Morgan fingerprint density at radius 3 is 2.72 bits per heavy atom. The van der Waals surface area contributed by atoms with Crippen LogP contribution in [-0.2, 0) is 4.79 Å². The molecule has 92 valence electrons. The lowest BCUT2D eigenvalue weighted by Gasteiger charge is -2.02. The van der Waals surface area contributed by atoms with Gasteiger partial charge in [-0.2, -0.15) is 0 Å². The van der Waals surface area contributed by atoms with Crippen molar-refractivity contribution in [3.8, 4) is 0 Å². The molecule has 0 aliphatic carbocycles. The average molecular weight is 310 g/mol. The molecule has 0 radical (unpaired) electrons. The van der Waals surface area contributed by atoms with E-state index in [4.69, 9.17) is 4.42 Å². The molecule has 0 aliphatic rings. The van der Waals surface area contributed by atoms with E-state index in [-0.39, 0.29) is 5.69 Å². The fourth-order valence-electron chi connectivity index (χ4n) is 1.31. The van der Waals surface area contributed by atoms with Gasteiger partial charge in [-0.3, -0.25) is 4.79 Å². The number of halogens is 2. The lowest BCUT2D eigenvalue weighted by atomic mass is 10.3. The first-order valence-electron chi connectivity index (χ1n) is 5.14. The van der Waals surface area contributed by atoms with Crippen molar-refractivity contribution >= 4 is 33.6 Å². The standard InChI is InChI=1S/C13H9BrFNO2/c14-12-7-5-9(18-12)6-8-13(17)16-11-4-2-1-3-10(11)15/h1-8H,(H,16,17)/b8-6+. The molecule has 1 aromatic heterocycles. The van der Waals surface area contributed by atoms with E-state index in [1.807, 2.05) is 0 Å². The number of para-hydroxylation sites is 1. The number of hydrogen-bond acceptors (Lipinski definition) is 2. The molecule has 0 saturated carbocycles. The molecular weight excluding hydrogens is 301 g/mol. The van der Waals surface area contributed by atoms with E-state index in [1.54, 1.807) is 24.3 Å². The fourth-order valence-corrected chi connectivity index (χ4v) is 1.63. The lowest BCUT2D eigenvalue weighted by molar-refractivity contribution is -0.111. The molecule has 3 nitrogen and oxygen atoms in total. The number of benzene rings is 1. The Balaban J connectivity index is 2.01. The zero-order valence-electron chi connectivity index (χ0n) is 9.19. The minimum Gasteiger partial charge on any atom is -0.450 e. The Labute approximate surface area is 111 Å². The van der Waals surface area contributed by atoms with E-state index in [1.165, 1.54) is 24.3 Å². The number of anilines is 1. The minimum absolute atomic E-state index is 0.146. The van der Waals surface area contributed by atoms with Crippen LogP contribution in [0.15, 0.2) is 51.6 Å². The maximum atomic E-state index is 13.3. The molecule has 0 aliphatic heterocycles. The van der Waals surface area contributed by atoms with Gasteiger partial charge in [-0.15, -0.1) is 0 Å². The van der Waals surface area contributed by atoms with Gasteiger partial charge in [-0.05, 0) is 46.3 Å². The second-order valence-corrected chi connectivity index (χ2v) is 4.23. The van der Waals surface area contributed by atoms with E-state index in [2.05, 4.69) is 21.2 Å². The molecule has 0 unspecified atom stereocenters. The monoisotopic (exact) mass is 309 g/mol. The zero-order chi connectivity index (χ0) is 13.0. The van der Waals surface area contributed by atoms with E-state index in [0.717, 1.165) is 0 Å². The zero-order valence-corrected chi connectivity index (χ0v) is 10.8. The molecule has 2 aromatic rings. The van der Waals surface area contributed by atoms with Gasteiger partial charge in [0.1, 0.15) is 11.6 Å². The summed E-state index contributed by atoms with van der Waals surface area (Å²) in [6.45, 7) is 0. The third kappa shape index (κ3) is 3.30. The maximum absolute atomic E-state index is 13.3. The second-order valence-electron chi connectivity index (χ2n) is 3.44. The first-order valence-corrected chi connectivity index (χ1v) is 5.93. The van der Waals surface area contributed by atoms with E-state index < -0.39 is 11.7 Å². The van der Waals surface area contributed by atoms with Crippen LogP contribution in [0.5, 0.6) is 0 Å². The number of nitrogens with one attached hydrogen (secondary N) is 1. The maximum Gasteiger partial charge on any atom is 0.248 e. The first kappa shape index (κ1) is 12.6. The Bertz CT molecular complexity index is 592. The van der Waals surface area contributed by atoms with Gasteiger partial charge in [0.15, 0.2) is 4.67 Å². The molecule has 0 spiro atoms. The number of carbonyl (C=O) groups is 1. The van der Waals surface area contributed by atoms with Crippen molar-refractivity contribution in [3.05, 3.63) is 58.7 Å². The number of amides is 1. The summed E-state index contributed by atoms with van der Waals surface area (Å²) in [7, 11) is 0. The van der Waals surface area contributed by atoms with Gasteiger partial charge in [0.25, 0.3) is 0 Å². The molecule has 0 fully saturated rings. The van der Waals surface area contributed by atoms with Crippen molar-refractivity contribution in [1.29, 1.82) is 0 Å². The highest BCUT2D eigenvalue weighted by molar-refractivity contribution is 9.10. The molecule has 0 saturated heterocycles. The Morgan fingerprint density at radius 2 is 2.06 bits per heavy atom. The van der Waals surface area contributed by atoms with E-state index >= 15 is 0 Å². The van der Waals surface area contributed by atoms with Gasteiger partial charge in [0.05, 0.1) is 5.69 Å². The van der Waals surface area contributed by atoms with Gasteiger partial charge in [0, 0.05) is 6.08 Å². The smallest absolute Gasteiger partial charge is 0.248 e.